The number of nitrogens with one attached hydrogen (secondary N) is 2. The van der Waals surface area contributed by atoms with Gasteiger partial charge in [-0.15, -0.1) is 0 Å². The van der Waals surface area contributed by atoms with Gasteiger partial charge in [-0.05, 0) is 82.2 Å². The van der Waals surface area contributed by atoms with Crippen molar-refractivity contribution in [3.63, 3.8) is 0 Å². The smallest absolute Gasteiger partial charge is 0.327 e. The van der Waals surface area contributed by atoms with Gasteiger partial charge in [0.15, 0.2) is 0 Å². The van der Waals surface area contributed by atoms with E-state index >= 15 is 0 Å². The van der Waals surface area contributed by atoms with E-state index in [9.17, 15) is 9.59 Å². The highest BCUT2D eigenvalue weighted by Crippen LogP contribution is 2.51. The molecule has 0 bridgehead atoms. The molecule has 3 aliphatic rings. The second kappa shape index (κ2) is 9.96. The van der Waals surface area contributed by atoms with Crippen molar-refractivity contribution in [2.24, 2.45) is 0 Å². The Kier molecular flexibility index (Phi) is 6.49. The molecule has 6 rings (SSSR count). The van der Waals surface area contributed by atoms with Crippen LogP contribution in [0.25, 0.3) is 0 Å². The Morgan fingerprint density at radius 3 is 2.66 bits per heavy atom. The minimum atomic E-state index is -0.455. The molecule has 196 valence electrons. The van der Waals surface area contributed by atoms with Gasteiger partial charge in [0, 0.05) is 24.3 Å². The molecule has 3 atom stereocenters. The molecule has 3 aliphatic heterocycles. The molecule has 1 aromatic heterocycles. The molecule has 0 radical (unpaired) electrons. The van der Waals surface area contributed by atoms with Gasteiger partial charge >= 0.3 is 6.03 Å². The van der Waals surface area contributed by atoms with Crippen molar-refractivity contribution in [2.75, 3.05) is 25.0 Å². The van der Waals surface area contributed by atoms with Crippen LogP contribution in [-0.2, 0) is 4.79 Å². The third-order valence-corrected chi connectivity index (χ3v) is 8.69. The molecule has 38 heavy (non-hydrogen) atoms. The third-order valence-electron chi connectivity index (χ3n) is 7.40. The summed E-state index contributed by atoms with van der Waals surface area (Å²) < 4.78 is 6.03. The van der Waals surface area contributed by atoms with E-state index in [1.54, 1.807) is 11.1 Å². The average Bonchev–Trinajstić information content (AvgIpc) is 3.26. The average molecular weight is 530 g/mol. The number of aryl methyl sites for hydroxylation is 2. The fourth-order valence-electron chi connectivity index (χ4n) is 5.52. The molecule has 4 heterocycles. The van der Waals surface area contributed by atoms with E-state index in [2.05, 4.69) is 27.6 Å². The Balaban J connectivity index is 1.25. The lowest BCUT2D eigenvalue weighted by Gasteiger charge is -2.35. The van der Waals surface area contributed by atoms with E-state index in [0.717, 1.165) is 59.2 Å². The summed E-state index contributed by atoms with van der Waals surface area (Å²) in [5, 5.41) is 6.66. The van der Waals surface area contributed by atoms with Gasteiger partial charge in [0.25, 0.3) is 0 Å². The summed E-state index contributed by atoms with van der Waals surface area (Å²) in [6.07, 6.45) is 3.75. The van der Waals surface area contributed by atoms with Gasteiger partial charge in [0.05, 0.1) is 17.4 Å². The first-order valence-electron chi connectivity index (χ1n) is 13.0. The van der Waals surface area contributed by atoms with Crippen LogP contribution in [0.4, 0.5) is 16.2 Å². The SMILES string of the molecule is Cc1ccc(Oc2ccc(N3C(=O)NC4c5c3ccnc5S[C@H]4C(=O)NC3CCCN(C)C3)c(C)c2)cc1. The zero-order valence-electron chi connectivity index (χ0n) is 21.7. The number of piperidine rings is 1. The van der Waals surface area contributed by atoms with E-state index < -0.39 is 11.3 Å². The van der Waals surface area contributed by atoms with Crippen LogP contribution in [0.15, 0.2) is 59.8 Å². The van der Waals surface area contributed by atoms with E-state index in [4.69, 9.17) is 4.74 Å². The number of urea groups is 1. The van der Waals surface area contributed by atoms with Gasteiger partial charge < -0.3 is 20.3 Å². The Bertz CT molecular complexity index is 1400. The molecule has 2 unspecified atom stereocenters. The number of rotatable bonds is 5. The Morgan fingerprint density at radius 1 is 1.11 bits per heavy atom. The lowest BCUT2D eigenvalue weighted by atomic mass is 9.98. The molecule has 9 heteroatoms. The van der Waals surface area contributed by atoms with Crippen LogP contribution >= 0.6 is 11.8 Å². The molecular weight excluding hydrogens is 498 g/mol. The van der Waals surface area contributed by atoms with Crippen molar-refractivity contribution < 1.29 is 14.3 Å². The zero-order valence-corrected chi connectivity index (χ0v) is 22.5. The van der Waals surface area contributed by atoms with Gasteiger partial charge in [-0.1, -0.05) is 29.5 Å². The lowest BCUT2D eigenvalue weighted by molar-refractivity contribution is -0.122. The summed E-state index contributed by atoms with van der Waals surface area (Å²) in [5.41, 5.74) is 4.49. The van der Waals surface area contributed by atoms with Crippen molar-refractivity contribution in [3.8, 4) is 11.5 Å². The van der Waals surface area contributed by atoms with Crippen LogP contribution in [0.1, 0.15) is 35.6 Å². The normalized spacial score (nSPS) is 22.6. The van der Waals surface area contributed by atoms with Gasteiger partial charge in [0.1, 0.15) is 21.8 Å². The number of hydrogen-bond acceptors (Lipinski definition) is 6. The fourth-order valence-corrected chi connectivity index (χ4v) is 6.75. The second-order valence-corrected chi connectivity index (χ2v) is 11.5. The Hall–Kier alpha value is -3.56. The molecule has 0 spiro atoms. The molecule has 2 N–H and O–H groups in total. The number of ether oxygens (including phenoxy) is 1. The van der Waals surface area contributed by atoms with Crippen LogP contribution in [0.2, 0.25) is 0 Å². The standard InChI is InChI=1S/C29H31N5O3S/c1-17-6-8-20(9-7-17)37-21-10-11-22(18(2)15-21)34-23-12-13-30-28-24(23)25(32-29(34)36)26(38-28)27(35)31-19-5-4-14-33(3)16-19/h6-13,15,19,25-26H,4-5,14,16H2,1-3H3,(H,31,35)(H,32,36)/t19?,25?,26-/m1/s1. The molecule has 3 amide bonds. The largest absolute Gasteiger partial charge is 0.457 e. The summed E-state index contributed by atoms with van der Waals surface area (Å²) >= 11 is 1.43. The van der Waals surface area contributed by atoms with E-state index in [1.807, 2.05) is 62.4 Å². The fraction of sp³-hybridized carbons (Fsp3) is 0.345. The first kappa shape index (κ1) is 24.8. The highest BCUT2D eigenvalue weighted by molar-refractivity contribution is 8.01. The van der Waals surface area contributed by atoms with Gasteiger partial charge in [-0.2, -0.15) is 0 Å². The lowest BCUT2D eigenvalue weighted by Crippen LogP contribution is -2.52. The molecule has 1 saturated heterocycles. The monoisotopic (exact) mass is 529 g/mol. The topological polar surface area (TPSA) is 86.8 Å². The predicted molar refractivity (Wildman–Crippen MR) is 148 cm³/mol. The first-order valence-corrected chi connectivity index (χ1v) is 13.9. The highest BCUT2D eigenvalue weighted by Gasteiger charge is 2.47. The van der Waals surface area contributed by atoms with E-state index in [1.165, 1.54) is 17.3 Å². The number of thioether (sulfide) groups is 1. The second-order valence-electron chi connectivity index (χ2n) is 10.3. The maximum Gasteiger partial charge on any atom is 0.327 e. The molecule has 2 aromatic carbocycles. The number of likely N-dealkylation sites (tertiary alicyclic amines) is 1. The number of pyridine rings is 1. The number of aromatic nitrogens is 1. The number of anilines is 2. The maximum absolute atomic E-state index is 13.5. The minimum absolute atomic E-state index is 0.0493. The van der Waals surface area contributed by atoms with Crippen molar-refractivity contribution >= 4 is 35.1 Å². The molecular formula is C29H31N5O3S. The summed E-state index contributed by atoms with van der Waals surface area (Å²) in [6, 6.07) is 14.9. The van der Waals surface area contributed by atoms with E-state index in [-0.39, 0.29) is 18.0 Å². The van der Waals surface area contributed by atoms with Crippen molar-refractivity contribution in [1.29, 1.82) is 0 Å². The Morgan fingerprint density at radius 2 is 1.89 bits per heavy atom. The highest BCUT2D eigenvalue weighted by atomic mass is 32.2. The van der Waals surface area contributed by atoms with Crippen LogP contribution in [-0.4, -0.2) is 53.3 Å². The molecule has 1 fully saturated rings. The predicted octanol–water partition coefficient (Wildman–Crippen LogP) is 5.08. The number of nitrogens with zero attached hydrogens (tertiary/aromatic N) is 3. The van der Waals surface area contributed by atoms with Crippen molar-refractivity contribution in [3.05, 3.63) is 71.4 Å². The van der Waals surface area contributed by atoms with Gasteiger partial charge in [-0.3, -0.25) is 9.69 Å². The van der Waals surface area contributed by atoms with E-state index in [0.29, 0.717) is 5.75 Å². The molecule has 0 saturated carbocycles. The van der Waals surface area contributed by atoms with Crippen LogP contribution < -0.4 is 20.3 Å². The van der Waals surface area contributed by atoms with Crippen LogP contribution in [0, 0.1) is 13.8 Å². The maximum atomic E-state index is 13.5. The zero-order chi connectivity index (χ0) is 26.4. The minimum Gasteiger partial charge on any atom is -0.457 e. The summed E-state index contributed by atoms with van der Waals surface area (Å²) in [7, 11) is 2.08. The van der Waals surface area contributed by atoms with Crippen molar-refractivity contribution in [1.82, 2.24) is 20.5 Å². The Labute approximate surface area is 226 Å². The molecule has 3 aromatic rings. The third kappa shape index (κ3) is 4.61. The molecule has 8 nitrogen and oxygen atoms in total. The van der Waals surface area contributed by atoms with Crippen molar-refractivity contribution in [2.45, 2.75) is 49.0 Å². The number of carbonyl (C=O) groups excluding carboxylic acids is 2. The number of carbonyl (C=O) groups is 2. The molecule has 0 aliphatic carbocycles. The number of likely N-dealkylation sites (N-methyl/N-ethyl adjacent to an activating group) is 1. The number of amides is 3. The summed E-state index contributed by atoms with van der Waals surface area (Å²) in [5.74, 6) is 1.41. The number of hydrogen-bond donors (Lipinski definition) is 2. The summed E-state index contributed by atoms with van der Waals surface area (Å²) in [4.78, 5) is 35.4. The van der Waals surface area contributed by atoms with Crippen LogP contribution in [0.5, 0.6) is 11.5 Å². The quantitative estimate of drug-likeness (QED) is 0.480. The summed E-state index contributed by atoms with van der Waals surface area (Å²) in [6.45, 7) is 5.89. The van der Waals surface area contributed by atoms with Gasteiger partial charge in [-0.25, -0.2) is 9.78 Å². The van der Waals surface area contributed by atoms with Gasteiger partial charge in [0.2, 0.25) is 5.91 Å². The number of benzene rings is 2. The van der Waals surface area contributed by atoms with Crippen LogP contribution in [0.3, 0.4) is 0 Å². The first-order chi connectivity index (χ1) is 18.4.